The molecule has 24 heavy (non-hydrogen) atoms. The highest BCUT2D eigenvalue weighted by atomic mass is 16.4. The summed E-state index contributed by atoms with van der Waals surface area (Å²) >= 11 is 0. The molecule has 0 bridgehead atoms. The highest BCUT2D eigenvalue weighted by Crippen LogP contribution is 2.54. The molecule has 1 atom stereocenters. The zero-order chi connectivity index (χ0) is 17.1. The number of hydrogen-bond acceptors (Lipinski definition) is 4. The average Bonchev–Trinajstić information content (AvgIpc) is 3.31. The van der Waals surface area contributed by atoms with Crippen molar-refractivity contribution in [1.82, 2.24) is 0 Å². The standard InChI is InChI=1S/C20H25NO3/c1-12-10-15(14(3)22)18-16(11-12)17(23)13(2)19(24-18)21-8-6-20(4-5-20)7-9-21/h10-11,14,22H,4-9H2,1-3H3. The Hall–Kier alpha value is -1.81. The van der Waals surface area contributed by atoms with E-state index in [-0.39, 0.29) is 5.43 Å². The monoisotopic (exact) mass is 327 g/mol. The summed E-state index contributed by atoms with van der Waals surface area (Å²) in [5, 5.41) is 10.7. The molecule has 2 fully saturated rings. The number of rotatable bonds is 2. The number of aliphatic hydroxyl groups excluding tert-OH is 1. The van der Waals surface area contributed by atoms with Crippen LogP contribution in [0, 0.1) is 19.3 Å². The molecular formula is C20H25NO3. The third-order valence-electron chi connectivity index (χ3n) is 5.89. The lowest BCUT2D eigenvalue weighted by Crippen LogP contribution is -2.35. The number of benzene rings is 1. The molecule has 4 nitrogen and oxygen atoms in total. The third-order valence-corrected chi connectivity index (χ3v) is 5.89. The van der Waals surface area contributed by atoms with Gasteiger partial charge in [0.1, 0.15) is 5.58 Å². The van der Waals surface area contributed by atoms with Gasteiger partial charge in [0.25, 0.3) is 0 Å². The van der Waals surface area contributed by atoms with Crippen LogP contribution in [0.5, 0.6) is 0 Å². The molecule has 1 aromatic heterocycles. The van der Waals surface area contributed by atoms with E-state index in [9.17, 15) is 9.90 Å². The van der Waals surface area contributed by atoms with Gasteiger partial charge in [-0.05, 0) is 69.6 Å². The lowest BCUT2D eigenvalue weighted by atomic mass is 9.93. The van der Waals surface area contributed by atoms with Crippen molar-refractivity contribution in [3.8, 4) is 0 Å². The molecule has 1 aromatic carbocycles. The summed E-state index contributed by atoms with van der Waals surface area (Å²) in [7, 11) is 0. The molecular weight excluding hydrogens is 302 g/mol. The molecule has 1 saturated carbocycles. The van der Waals surface area contributed by atoms with E-state index < -0.39 is 6.10 Å². The Balaban J connectivity index is 1.84. The van der Waals surface area contributed by atoms with Crippen LogP contribution in [0.25, 0.3) is 11.0 Å². The van der Waals surface area contributed by atoms with Gasteiger partial charge in [0.05, 0.1) is 17.1 Å². The highest BCUT2D eigenvalue weighted by molar-refractivity contribution is 5.83. The maximum Gasteiger partial charge on any atom is 0.202 e. The molecule has 2 heterocycles. The van der Waals surface area contributed by atoms with Crippen molar-refractivity contribution in [2.45, 2.75) is 52.6 Å². The van der Waals surface area contributed by atoms with E-state index in [1.807, 2.05) is 26.0 Å². The molecule has 1 saturated heterocycles. The second kappa shape index (κ2) is 5.35. The minimum Gasteiger partial charge on any atom is -0.440 e. The molecule has 1 aliphatic carbocycles. The van der Waals surface area contributed by atoms with Gasteiger partial charge in [-0.25, -0.2) is 0 Å². The van der Waals surface area contributed by atoms with E-state index in [1.54, 1.807) is 6.92 Å². The number of piperidine rings is 1. The first-order valence-corrected chi connectivity index (χ1v) is 8.91. The second-order valence-corrected chi connectivity index (χ2v) is 7.76. The lowest BCUT2D eigenvalue weighted by Gasteiger charge is -2.33. The number of aryl methyl sites for hydroxylation is 1. The van der Waals surface area contributed by atoms with Crippen molar-refractivity contribution in [3.63, 3.8) is 0 Å². The van der Waals surface area contributed by atoms with Gasteiger partial charge < -0.3 is 14.4 Å². The average molecular weight is 327 g/mol. The van der Waals surface area contributed by atoms with E-state index in [1.165, 1.54) is 25.7 Å². The maximum absolute atomic E-state index is 12.9. The van der Waals surface area contributed by atoms with Crippen molar-refractivity contribution < 1.29 is 9.52 Å². The molecule has 128 valence electrons. The van der Waals surface area contributed by atoms with E-state index in [4.69, 9.17) is 4.42 Å². The predicted octanol–water partition coefficient (Wildman–Crippen LogP) is 3.84. The quantitative estimate of drug-likeness (QED) is 0.910. The topological polar surface area (TPSA) is 53.7 Å². The summed E-state index contributed by atoms with van der Waals surface area (Å²) in [5.41, 5.74) is 3.47. The van der Waals surface area contributed by atoms with Gasteiger partial charge in [-0.15, -0.1) is 0 Å². The number of hydrogen-bond donors (Lipinski definition) is 1. The Bertz CT molecular complexity index is 851. The predicted molar refractivity (Wildman–Crippen MR) is 95.7 cm³/mol. The number of aliphatic hydroxyl groups is 1. The van der Waals surface area contributed by atoms with Gasteiger partial charge in [-0.3, -0.25) is 4.79 Å². The van der Waals surface area contributed by atoms with Crippen LogP contribution in [0.1, 0.15) is 55.4 Å². The maximum atomic E-state index is 12.9. The van der Waals surface area contributed by atoms with Gasteiger partial charge in [0, 0.05) is 18.7 Å². The van der Waals surface area contributed by atoms with Crippen molar-refractivity contribution in [2.24, 2.45) is 5.41 Å². The molecule has 0 amide bonds. The van der Waals surface area contributed by atoms with Gasteiger partial charge in [-0.2, -0.15) is 0 Å². The SMILES string of the molecule is Cc1cc(C(C)O)c2oc(N3CCC4(CC3)CC4)c(C)c(=O)c2c1. The zero-order valence-electron chi connectivity index (χ0n) is 14.7. The minimum absolute atomic E-state index is 0.0172. The van der Waals surface area contributed by atoms with Crippen LogP contribution in [-0.2, 0) is 0 Å². The highest BCUT2D eigenvalue weighted by Gasteiger charge is 2.44. The Labute approximate surface area is 142 Å². The minimum atomic E-state index is -0.665. The largest absolute Gasteiger partial charge is 0.440 e. The summed E-state index contributed by atoms with van der Waals surface area (Å²) < 4.78 is 6.21. The molecule has 4 heteroatoms. The first kappa shape index (κ1) is 15.7. The summed E-state index contributed by atoms with van der Waals surface area (Å²) in [6.45, 7) is 7.40. The van der Waals surface area contributed by atoms with Crippen LogP contribution in [0.15, 0.2) is 21.3 Å². The normalized spacial score (nSPS) is 20.6. The second-order valence-electron chi connectivity index (χ2n) is 7.76. The summed E-state index contributed by atoms with van der Waals surface area (Å²) in [4.78, 5) is 15.1. The van der Waals surface area contributed by atoms with Crippen molar-refractivity contribution in [2.75, 3.05) is 18.0 Å². The number of anilines is 1. The molecule has 4 rings (SSSR count). The Morgan fingerprint density at radius 3 is 2.42 bits per heavy atom. The number of nitrogens with zero attached hydrogens (tertiary/aromatic N) is 1. The van der Waals surface area contributed by atoms with Gasteiger partial charge >= 0.3 is 0 Å². The van der Waals surface area contributed by atoms with Crippen LogP contribution in [0.3, 0.4) is 0 Å². The van der Waals surface area contributed by atoms with Crippen LogP contribution in [-0.4, -0.2) is 18.2 Å². The summed E-state index contributed by atoms with van der Waals surface area (Å²) in [6, 6.07) is 3.77. The molecule has 1 spiro atoms. The van der Waals surface area contributed by atoms with Crippen LogP contribution >= 0.6 is 0 Å². The molecule has 2 aliphatic rings. The van der Waals surface area contributed by atoms with Crippen molar-refractivity contribution in [3.05, 3.63) is 39.0 Å². The molecule has 2 aromatic rings. The zero-order valence-corrected chi connectivity index (χ0v) is 14.7. The van der Waals surface area contributed by atoms with E-state index >= 15 is 0 Å². The van der Waals surface area contributed by atoms with Crippen LogP contribution in [0.2, 0.25) is 0 Å². The Morgan fingerprint density at radius 2 is 1.83 bits per heavy atom. The van der Waals surface area contributed by atoms with Gasteiger partial charge in [0.2, 0.25) is 5.88 Å². The fourth-order valence-corrected chi connectivity index (χ4v) is 4.03. The number of fused-ring (bicyclic) bond motifs is 1. The first-order chi connectivity index (χ1) is 11.4. The fourth-order valence-electron chi connectivity index (χ4n) is 4.03. The van der Waals surface area contributed by atoms with E-state index in [0.717, 1.165) is 18.7 Å². The smallest absolute Gasteiger partial charge is 0.202 e. The lowest BCUT2D eigenvalue weighted by molar-refractivity contribution is 0.199. The molecule has 1 N–H and O–H groups in total. The van der Waals surface area contributed by atoms with Crippen LogP contribution < -0.4 is 10.3 Å². The van der Waals surface area contributed by atoms with Gasteiger partial charge in [0.15, 0.2) is 5.43 Å². The first-order valence-electron chi connectivity index (χ1n) is 8.91. The third kappa shape index (κ3) is 2.44. The summed E-state index contributed by atoms with van der Waals surface area (Å²) in [5.74, 6) is 0.689. The molecule has 1 aliphatic heterocycles. The van der Waals surface area contributed by atoms with Gasteiger partial charge in [-0.1, -0.05) is 0 Å². The molecule has 1 unspecified atom stereocenters. The van der Waals surface area contributed by atoms with E-state index in [0.29, 0.717) is 33.4 Å². The van der Waals surface area contributed by atoms with Crippen molar-refractivity contribution >= 4 is 16.9 Å². The van der Waals surface area contributed by atoms with Crippen LogP contribution in [0.4, 0.5) is 5.88 Å². The fraction of sp³-hybridized carbons (Fsp3) is 0.550. The Kier molecular flexibility index (Phi) is 3.50. The molecule has 0 radical (unpaired) electrons. The van der Waals surface area contributed by atoms with E-state index in [2.05, 4.69) is 4.90 Å². The van der Waals surface area contributed by atoms with Crippen molar-refractivity contribution in [1.29, 1.82) is 0 Å². The Morgan fingerprint density at radius 1 is 1.17 bits per heavy atom. The summed E-state index contributed by atoms with van der Waals surface area (Å²) in [6.07, 6.45) is 4.42.